The molecule has 0 bridgehead atoms. The van der Waals surface area contributed by atoms with E-state index in [9.17, 15) is 9.90 Å². The average molecular weight is 186 g/mol. The van der Waals surface area contributed by atoms with Crippen LogP contribution in [0.15, 0.2) is 0 Å². The second-order valence-corrected chi connectivity index (χ2v) is 3.29. The minimum atomic E-state index is -0.560. The Balaban J connectivity index is 2.54. The van der Waals surface area contributed by atoms with E-state index in [0.717, 1.165) is 6.54 Å². The quantitative estimate of drug-likeness (QED) is 0.600. The van der Waals surface area contributed by atoms with Crippen LogP contribution in [0.3, 0.4) is 0 Å². The van der Waals surface area contributed by atoms with E-state index in [4.69, 9.17) is 0 Å². The highest BCUT2D eigenvalue weighted by molar-refractivity contribution is 5.73. The van der Waals surface area contributed by atoms with Gasteiger partial charge in [0.2, 0.25) is 0 Å². The highest BCUT2D eigenvalue weighted by atomic mass is 16.5. The SMILES string of the molecule is [CH2]CN1CCC(O)C(C(=O)OC)C1. The maximum Gasteiger partial charge on any atom is 0.312 e. The summed E-state index contributed by atoms with van der Waals surface area (Å²) in [6, 6.07) is 0. The van der Waals surface area contributed by atoms with E-state index in [0.29, 0.717) is 19.5 Å². The number of carbonyl (C=O) groups is 1. The molecule has 2 unspecified atom stereocenters. The van der Waals surface area contributed by atoms with E-state index in [1.807, 2.05) is 4.90 Å². The number of carbonyl (C=O) groups excluding carboxylic acids is 1. The molecule has 1 saturated heterocycles. The molecule has 1 rings (SSSR count). The van der Waals surface area contributed by atoms with Gasteiger partial charge in [0.25, 0.3) is 0 Å². The fourth-order valence-corrected chi connectivity index (χ4v) is 1.59. The number of hydrogen-bond donors (Lipinski definition) is 1. The van der Waals surface area contributed by atoms with Gasteiger partial charge in [0.1, 0.15) is 0 Å². The third kappa shape index (κ3) is 2.42. The first-order valence-electron chi connectivity index (χ1n) is 4.46. The molecule has 2 atom stereocenters. The molecule has 13 heavy (non-hydrogen) atoms. The number of piperidine rings is 1. The Morgan fingerprint density at radius 1 is 1.77 bits per heavy atom. The molecule has 4 heteroatoms. The number of aliphatic hydroxyl groups excluding tert-OH is 1. The predicted octanol–water partition coefficient (Wildman–Crippen LogP) is -0.324. The molecular formula is C9H16NO3. The normalized spacial score (nSPS) is 30.1. The molecule has 0 aromatic carbocycles. The van der Waals surface area contributed by atoms with Crippen molar-refractivity contribution in [3.05, 3.63) is 6.92 Å². The van der Waals surface area contributed by atoms with Crippen molar-refractivity contribution in [3.8, 4) is 0 Å². The van der Waals surface area contributed by atoms with Crippen LogP contribution in [0.4, 0.5) is 0 Å². The standard InChI is InChI=1S/C9H16NO3/c1-3-10-5-4-8(11)7(6-10)9(12)13-2/h7-8,11H,1,3-6H2,2H3. The summed E-state index contributed by atoms with van der Waals surface area (Å²) in [5.41, 5.74) is 0. The predicted molar refractivity (Wildman–Crippen MR) is 47.9 cm³/mol. The van der Waals surface area contributed by atoms with Crippen LogP contribution in [0.2, 0.25) is 0 Å². The first-order chi connectivity index (χ1) is 6.19. The smallest absolute Gasteiger partial charge is 0.312 e. The van der Waals surface area contributed by atoms with Gasteiger partial charge < -0.3 is 14.7 Å². The molecule has 1 fully saturated rings. The number of esters is 1. The molecule has 1 aliphatic rings. The van der Waals surface area contributed by atoms with Crippen LogP contribution in [-0.4, -0.2) is 48.8 Å². The van der Waals surface area contributed by atoms with Crippen molar-refractivity contribution in [3.63, 3.8) is 0 Å². The minimum absolute atomic E-state index is 0.328. The van der Waals surface area contributed by atoms with Crippen LogP contribution in [0.25, 0.3) is 0 Å². The summed E-state index contributed by atoms with van der Waals surface area (Å²) in [6.07, 6.45) is 0.0604. The van der Waals surface area contributed by atoms with Crippen molar-refractivity contribution in [2.24, 2.45) is 5.92 Å². The maximum atomic E-state index is 11.2. The molecule has 4 nitrogen and oxygen atoms in total. The van der Waals surface area contributed by atoms with Gasteiger partial charge in [-0.05, 0) is 19.9 Å². The zero-order chi connectivity index (χ0) is 9.84. The van der Waals surface area contributed by atoms with Gasteiger partial charge in [-0.1, -0.05) is 0 Å². The Labute approximate surface area is 78.5 Å². The largest absolute Gasteiger partial charge is 0.469 e. The summed E-state index contributed by atoms with van der Waals surface area (Å²) >= 11 is 0. The summed E-state index contributed by atoms with van der Waals surface area (Å²) in [5, 5.41) is 9.54. The van der Waals surface area contributed by atoms with E-state index in [1.54, 1.807) is 0 Å². The van der Waals surface area contributed by atoms with Crippen molar-refractivity contribution < 1.29 is 14.6 Å². The lowest BCUT2D eigenvalue weighted by atomic mass is 9.95. The summed E-state index contributed by atoms with van der Waals surface area (Å²) in [6.45, 7) is 5.77. The van der Waals surface area contributed by atoms with Crippen LogP contribution in [-0.2, 0) is 9.53 Å². The number of likely N-dealkylation sites (tertiary alicyclic amines) is 1. The van der Waals surface area contributed by atoms with E-state index in [-0.39, 0.29) is 5.97 Å². The minimum Gasteiger partial charge on any atom is -0.469 e. The Hall–Kier alpha value is -0.610. The van der Waals surface area contributed by atoms with Gasteiger partial charge in [-0.25, -0.2) is 0 Å². The number of methoxy groups -OCH3 is 1. The fourth-order valence-electron chi connectivity index (χ4n) is 1.59. The Bertz CT molecular complexity index is 184. The molecule has 1 N–H and O–H groups in total. The average Bonchev–Trinajstić information content (AvgIpc) is 2.17. The van der Waals surface area contributed by atoms with E-state index < -0.39 is 12.0 Å². The number of hydrogen-bond acceptors (Lipinski definition) is 4. The highest BCUT2D eigenvalue weighted by Gasteiger charge is 2.33. The second kappa shape index (κ2) is 4.58. The van der Waals surface area contributed by atoms with Crippen molar-refractivity contribution >= 4 is 5.97 Å². The molecule has 0 saturated carbocycles. The van der Waals surface area contributed by atoms with Crippen LogP contribution in [0.1, 0.15) is 6.42 Å². The first kappa shape index (κ1) is 10.5. The molecule has 0 aromatic rings. The first-order valence-corrected chi connectivity index (χ1v) is 4.46. The third-order valence-corrected chi connectivity index (χ3v) is 2.48. The number of nitrogens with zero attached hydrogens (tertiary/aromatic N) is 1. The van der Waals surface area contributed by atoms with Gasteiger partial charge in [0.15, 0.2) is 0 Å². The Kier molecular flexibility index (Phi) is 3.69. The molecule has 75 valence electrons. The maximum absolute atomic E-state index is 11.2. The molecular weight excluding hydrogens is 170 g/mol. The summed E-state index contributed by atoms with van der Waals surface area (Å²) in [7, 11) is 1.35. The zero-order valence-corrected chi connectivity index (χ0v) is 7.90. The molecule has 1 radical (unpaired) electrons. The van der Waals surface area contributed by atoms with Gasteiger partial charge in [-0.3, -0.25) is 4.79 Å². The van der Waals surface area contributed by atoms with E-state index in [2.05, 4.69) is 11.7 Å². The van der Waals surface area contributed by atoms with Crippen molar-refractivity contribution in [1.29, 1.82) is 0 Å². The zero-order valence-electron chi connectivity index (χ0n) is 7.90. The molecule has 1 heterocycles. The summed E-state index contributed by atoms with van der Waals surface area (Å²) in [4.78, 5) is 13.2. The molecule has 0 spiro atoms. The molecule has 0 amide bonds. The molecule has 1 aliphatic heterocycles. The summed E-state index contributed by atoms with van der Waals surface area (Å²) < 4.78 is 4.61. The topological polar surface area (TPSA) is 49.8 Å². The number of aliphatic hydroxyl groups is 1. The number of rotatable bonds is 2. The van der Waals surface area contributed by atoms with Crippen molar-refractivity contribution in [2.75, 3.05) is 26.7 Å². The monoisotopic (exact) mass is 186 g/mol. The molecule has 0 aromatic heterocycles. The van der Waals surface area contributed by atoms with Crippen molar-refractivity contribution in [2.45, 2.75) is 12.5 Å². The highest BCUT2D eigenvalue weighted by Crippen LogP contribution is 2.17. The second-order valence-electron chi connectivity index (χ2n) is 3.29. The third-order valence-electron chi connectivity index (χ3n) is 2.48. The number of ether oxygens (including phenoxy) is 1. The fraction of sp³-hybridized carbons (Fsp3) is 0.778. The summed E-state index contributed by atoms with van der Waals surface area (Å²) in [5.74, 6) is -0.730. The Morgan fingerprint density at radius 2 is 2.46 bits per heavy atom. The van der Waals surface area contributed by atoms with Crippen LogP contribution in [0, 0.1) is 12.8 Å². The van der Waals surface area contributed by atoms with Gasteiger partial charge in [-0.2, -0.15) is 0 Å². The lowest BCUT2D eigenvalue weighted by Crippen LogP contribution is -2.46. The lowest BCUT2D eigenvalue weighted by molar-refractivity contribution is -0.152. The van der Waals surface area contributed by atoms with E-state index >= 15 is 0 Å². The van der Waals surface area contributed by atoms with Gasteiger partial charge in [-0.15, -0.1) is 0 Å². The van der Waals surface area contributed by atoms with Crippen LogP contribution in [0.5, 0.6) is 0 Å². The van der Waals surface area contributed by atoms with Gasteiger partial charge in [0, 0.05) is 13.1 Å². The Morgan fingerprint density at radius 3 is 3.00 bits per heavy atom. The van der Waals surface area contributed by atoms with Crippen LogP contribution < -0.4 is 0 Å². The van der Waals surface area contributed by atoms with Crippen molar-refractivity contribution in [1.82, 2.24) is 4.90 Å². The van der Waals surface area contributed by atoms with Gasteiger partial charge >= 0.3 is 5.97 Å². The lowest BCUT2D eigenvalue weighted by Gasteiger charge is -2.33. The molecule has 0 aliphatic carbocycles. The van der Waals surface area contributed by atoms with Gasteiger partial charge in [0.05, 0.1) is 19.1 Å². The van der Waals surface area contributed by atoms with E-state index in [1.165, 1.54) is 7.11 Å². The van der Waals surface area contributed by atoms with Crippen LogP contribution >= 0.6 is 0 Å².